The van der Waals surface area contributed by atoms with Gasteiger partial charge in [0.15, 0.2) is 11.0 Å². The minimum Gasteiger partial charge on any atom is -0.496 e. The molecule has 0 aliphatic carbocycles. The molecule has 2 aromatic carbocycles. The van der Waals surface area contributed by atoms with Crippen LogP contribution in [0, 0.1) is 13.8 Å². The predicted octanol–water partition coefficient (Wildman–Crippen LogP) is 6.16. The molecule has 0 amide bonds. The zero-order chi connectivity index (χ0) is 22.8. The van der Waals surface area contributed by atoms with Crippen LogP contribution in [0.1, 0.15) is 17.3 Å². The Labute approximate surface area is 199 Å². The summed E-state index contributed by atoms with van der Waals surface area (Å²) in [6.07, 6.45) is 0. The summed E-state index contributed by atoms with van der Waals surface area (Å²) in [5, 5.41) is 10.5. The highest BCUT2D eigenvalue weighted by Gasteiger charge is 2.21. The van der Waals surface area contributed by atoms with Crippen LogP contribution in [-0.2, 0) is 5.75 Å². The number of aromatic nitrogens is 4. The zero-order valence-electron chi connectivity index (χ0n) is 17.8. The number of ether oxygens (including phenoxy) is 2. The number of benzene rings is 2. The van der Waals surface area contributed by atoms with E-state index in [0.29, 0.717) is 49.7 Å². The van der Waals surface area contributed by atoms with Crippen molar-refractivity contribution >= 4 is 35.0 Å². The van der Waals surface area contributed by atoms with Gasteiger partial charge in [-0.3, -0.25) is 4.57 Å². The number of methoxy groups -OCH3 is 2. The summed E-state index contributed by atoms with van der Waals surface area (Å²) in [7, 11) is 3.17. The van der Waals surface area contributed by atoms with Gasteiger partial charge in [0.05, 0.1) is 41.9 Å². The Bertz CT molecular complexity index is 1250. The van der Waals surface area contributed by atoms with Gasteiger partial charge in [0, 0.05) is 5.02 Å². The van der Waals surface area contributed by atoms with E-state index >= 15 is 0 Å². The first kappa shape index (κ1) is 22.5. The molecule has 166 valence electrons. The largest absolute Gasteiger partial charge is 0.496 e. The molecule has 0 spiro atoms. The summed E-state index contributed by atoms with van der Waals surface area (Å²) in [5.41, 5.74) is 2.34. The Kier molecular flexibility index (Phi) is 6.64. The number of rotatable bonds is 7. The van der Waals surface area contributed by atoms with E-state index in [1.807, 2.05) is 24.5 Å². The molecule has 0 aliphatic rings. The first-order valence-electron chi connectivity index (χ1n) is 9.60. The number of hydrogen-bond acceptors (Lipinski definition) is 7. The van der Waals surface area contributed by atoms with Gasteiger partial charge in [-0.1, -0.05) is 35.0 Å². The molecule has 4 aromatic rings. The maximum Gasteiger partial charge on any atom is 0.205 e. The van der Waals surface area contributed by atoms with Crippen molar-refractivity contribution in [3.05, 3.63) is 63.8 Å². The van der Waals surface area contributed by atoms with Crippen molar-refractivity contribution in [2.45, 2.75) is 24.8 Å². The van der Waals surface area contributed by atoms with Crippen LogP contribution < -0.4 is 9.47 Å². The Balaban J connectivity index is 1.82. The average Bonchev–Trinajstić information content (AvgIpc) is 3.34. The highest BCUT2D eigenvalue weighted by molar-refractivity contribution is 7.98. The fourth-order valence-electron chi connectivity index (χ4n) is 3.15. The first-order chi connectivity index (χ1) is 15.4. The Morgan fingerprint density at radius 1 is 1.00 bits per heavy atom. The van der Waals surface area contributed by atoms with Crippen molar-refractivity contribution in [3.8, 4) is 28.6 Å². The molecule has 2 aromatic heterocycles. The molecule has 32 heavy (non-hydrogen) atoms. The van der Waals surface area contributed by atoms with E-state index in [2.05, 4.69) is 15.2 Å². The lowest BCUT2D eigenvalue weighted by molar-refractivity contribution is 0.415. The van der Waals surface area contributed by atoms with E-state index in [-0.39, 0.29) is 0 Å². The summed E-state index contributed by atoms with van der Waals surface area (Å²) in [6.45, 7) is 3.81. The zero-order valence-corrected chi connectivity index (χ0v) is 20.2. The number of nitrogens with zero attached hydrogens (tertiary/aromatic N) is 4. The van der Waals surface area contributed by atoms with Crippen LogP contribution in [0.2, 0.25) is 10.0 Å². The third-order valence-corrected chi connectivity index (χ3v) is 6.27. The monoisotopic (exact) mass is 490 g/mol. The van der Waals surface area contributed by atoms with Crippen molar-refractivity contribution in [3.63, 3.8) is 0 Å². The lowest BCUT2D eigenvalue weighted by Crippen LogP contribution is -2.01. The molecule has 0 saturated carbocycles. The lowest BCUT2D eigenvalue weighted by Gasteiger charge is -2.14. The molecule has 10 heteroatoms. The van der Waals surface area contributed by atoms with E-state index in [1.165, 1.54) is 11.8 Å². The topological polar surface area (TPSA) is 75.2 Å². The van der Waals surface area contributed by atoms with E-state index in [1.54, 1.807) is 44.6 Å². The van der Waals surface area contributed by atoms with Crippen molar-refractivity contribution < 1.29 is 13.9 Å². The van der Waals surface area contributed by atoms with Gasteiger partial charge in [0.2, 0.25) is 5.89 Å². The maximum atomic E-state index is 6.42. The molecule has 0 saturated heterocycles. The SMILES string of the molecule is COc1ccc(-n2c(SCc3nc(C)c(C)o3)nnc2-c2cc(Cl)ccc2OC)cc1Cl. The summed E-state index contributed by atoms with van der Waals surface area (Å²) >= 11 is 14.1. The van der Waals surface area contributed by atoms with Crippen LogP contribution in [0.3, 0.4) is 0 Å². The number of oxazole rings is 1. The first-order valence-corrected chi connectivity index (χ1v) is 11.3. The van der Waals surface area contributed by atoms with Gasteiger partial charge >= 0.3 is 0 Å². The van der Waals surface area contributed by atoms with Crippen LogP contribution in [0.15, 0.2) is 46.0 Å². The van der Waals surface area contributed by atoms with Crippen molar-refractivity contribution in [2.24, 2.45) is 0 Å². The van der Waals surface area contributed by atoms with Crippen molar-refractivity contribution in [1.29, 1.82) is 0 Å². The van der Waals surface area contributed by atoms with Crippen LogP contribution in [0.4, 0.5) is 0 Å². The van der Waals surface area contributed by atoms with Crippen LogP contribution >= 0.6 is 35.0 Å². The molecule has 2 heterocycles. The summed E-state index contributed by atoms with van der Waals surface area (Å²) in [5.74, 6) is 3.67. The summed E-state index contributed by atoms with van der Waals surface area (Å²) in [6, 6.07) is 10.8. The fraction of sp³-hybridized carbons (Fsp3) is 0.227. The smallest absolute Gasteiger partial charge is 0.205 e. The molecular formula is C22H20Cl2N4O3S. The number of hydrogen-bond donors (Lipinski definition) is 0. The molecule has 7 nitrogen and oxygen atoms in total. The molecule has 0 radical (unpaired) electrons. The molecule has 0 N–H and O–H groups in total. The molecule has 0 fully saturated rings. The van der Waals surface area contributed by atoms with Gasteiger partial charge in [-0.25, -0.2) is 4.98 Å². The predicted molar refractivity (Wildman–Crippen MR) is 125 cm³/mol. The third-order valence-electron chi connectivity index (χ3n) is 4.83. The number of aryl methyl sites for hydroxylation is 2. The van der Waals surface area contributed by atoms with Gasteiger partial charge in [-0.15, -0.1) is 10.2 Å². The van der Waals surface area contributed by atoms with Crippen LogP contribution in [0.25, 0.3) is 17.1 Å². The Morgan fingerprint density at radius 2 is 1.75 bits per heavy atom. The molecular weight excluding hydrogens is 471 g/mol. The van der Waals surface area contributed by atoms with Gasteiger partial charge < -0.3 is 13.9 Å². The van der Waals surface area contributed by atoms with Gasteiger partial charge in [-0.05, 0) is 50.2 Å². The summed E-state index contributed by atoms with van der Waals surface area (Å²) in [4.78, 5) is 4.45. The van der Waals surface area contributed by atoms with E-state index in [4.69, 9.17) is 37.1 Å². The van der Waals surface area contributed by atoms with Crippen molar-refractivity contribution in [1.82, 2.24) is 19.7 Å². The second-order valence-electron chi connectivity index (χ2n) is 6.84. The van der Waals surface area contributed by atoms with Gasteiger partial charge in [-0.2, -0.15) is 0 Å². The van der Waals surface area contributed by atoms with Crippen LogP contribution in [-0.4, -0.2) is 34.0 Å². The van der Waals surface area contributed by atoms with E-state index in [9.17, 15) is 0 Å². The number of halogens is 2. The fourth-order valence-corrected chi connectivity index (χ4v) is 4.37. The second-order valence-corrected chi connectivity index (χ2v) is 8.63. The molecule has 4 rings (SSSR count). The van der Waals surface area contributed by atoms with E-state index < -0.39 is 0 Å². The average molecular weight is 491 g/mol. The number of thioether (sulfide) groups is 1. The Hall–Kier alpha value is -2.68. The molecule has 0 bridgehead atoms. The highest BCUT2D eigenvalue weighted by Crippen LogP contribution is 2.37. The molecule has 0 atom stereocenters. The Morgan fingerprint density at radius 3 is 2.41 bits per heavy atom. The highest BCUT2D eigenvalue weighted by atomic mass is 35.5. The van der Waals surface area contributed by atoms with Crippen LogP contribution in [0.5, 0.6) is 11.5 Å². The summed E-state index contributed by atoms with van der Waals surface area (Å²) < 4.78 is 18.4. The standard InChI is InChI=1S/C22H20Cl2N4O3S/c1-12-13(2)31-20(25-12)11-32-22-27-26-21(16-9-14(23)5-7-18(16)29-3)28(22)15-6-8-19(30-4)17(24)10-15/h5-10H,11H2,1-4H3. The minimum absolute atomic E-state index is 0.470. The normalized spacial score (nSPS) is 11.1. The lowest BCUT2D eigenvalue weighted by atomic mass is 10.2. The maximum absolute atomic E-state index is 6.42. The minimum atomic E-state index is 0.470. The molecule has 0 unspecified atom stereocenters. The second kappa shape index (κ2) is 9.44. The van der Waals surface area contributed by atoms with E-state index in [0.717, 1.165) is 17.1 Å². The quantitative estimate of drug-likeness (QED) is 0.287. The van der Waals surface area contributed by atoms with Gasteiger partial charge in [0.1, 0.15) is 17.3 Å². The van der Waals surface area contributed by atoms with Crippen molar-refractivity contribution in [2.75, 3.05) is 14.2 Å². The third kappa shape index (κ3) is 4.44. The van der Waals surface area contributed by atoms with Gasteiger partial charge in [0.25, 0.3) is 0 Å². The molecule has 0 aliphatic heterocycles.